The summed E-state index contributed by atoms with van der Waals surface area (Å²) in [6, 6.07) is 15.0. The van der Waals surface area contributed by atoms with Crippen molar-refractivity contribution in [3.8, 4) is 11.1 Å². The summed E-state index contributed by atoms with van der Waals surface area (Å²) < 4.78 is 0. The number of amides is 2. The van der Waals surface area contributed by atoms with Gasteiger partial charge in [0.15, 0.2) is 0 Å². The third-order valence-electron chi connectivity index (χ3n) is 4.61. The van der Waals surface area contributed by atoms with Crippen LogP contribution in [0.2, 0.25) is 0 Å². The van der Waals surface area contributed by atoms with Crippen molar-refractivity contribution in [1.29, 1.82) is 5.41 Å². The molecule has 0 saturated carbocycles. The van der Waals surface area contributed by atoms with Crippen LogP contribution in [0.3, 0.4) is 0 Å². The molecule has 1 fully saturated rings. The lowest BCUT2D eigenvalue weighted by molar-refractivity contribution is -0.137. The number of rotatable bonds is 6. The van der Waals surface area contributed by atoms with E-state index in [4.69, 9.17) is 16.2 Å². The van der Waals surface area contributed by atoms with Gasteiger partial charge in [0.2, 0.25) is 0 Å². The molecule has 7 nitrogen and oxygen atoms in total. The Bertz CT molecular complexity index is 847. The summed E-state index contributed by atoms with van der Waals surface area (Å²) in [6.07, 6.45) is 0.758. The number of benzene rings is 2. The highest BCUT2D eigenvalue weighted by molar-refractivity contribution is 5.95. The van der Waals surface area contributed by atoms with Gasteiger partial charge in [0.1, 0.15) is 5.84 Å². The van der Waals surface area contributed by atoms with Crippen LogP contribution in [0.4, 0.5) is 10.5 Å². The zero-order chi connectivity index (χ0) is 19.4. The van der Waals surface area contributed by atoms with Crippen molar-refractivity contribution in [2.24, 2.45) is 5.73 Å². The molecule has 0 bridgehead atoms. The fourth-order valence-corrected chi connectivity index (χ4v) is 3.14. The van der Waals surface area contributed by atoms with E-state index in [1.807, 2.05) is 36.4 Å². The van der Waals surface area contributed by atoms with E-state index in [-0.39, 0.29) is 24.8 Å². The highest BCUT2D eigenvalue weighted by Gasteiger charge is 2.26. The molecule has 3 rings (SSSR count). The first-order valence-electron chi connectivity index (χ1n) is 8.79. The summed E-state index contributed by atoms with van der Waals surface area (Å²) in [7, 11) is 0. The number of nitrogen functional groups attached to an aromatic ring is 1. The van der Waals surface area contributed by atoms with Crippen LogP contribution in [0.1, 0.15) is 18.4 Å². The van der Waals surface area contributed by atoms with E-state index in [2.05, 4.69) is 0 Å². The number of nitrogens with two attached hydrogens (primary N) is 1. The van der Waals surface area contributed by atoms with Gasteiger partial charge in [0.25, 0.3) is 0 Å². The number of nitrogens with one attached hydrogen (secondary N) is 1. The number of amidine groups is 1. The first-order valence-corrected chi connectivity index (χ1v) is 8.79. The minimum Gasteiger partial charge on any atom is -0.481 e. The monoisotopic (exact) mass is 366 g/mol. The average Bonchev–Trinajstić information content (AvgIpc) is 2.67. The standard InChI is InChI=1S/C20H22N4O3/c21-19(22)16-4-2-14(3-5-16)15-6-8-17(9-7-15)24-12-1-11-23(20(24)27)13-10-18(25)26/h2-9H,1,10-13H2,(H3,21,22)(H,25,26). The normalized spacial score (nSPS) is 14.3. The van der Waals surface area contributed by atoms with Gasteiger partial charge in [-0.05, 0) is 29.7 Å². The first-order chi connectivity index (χ1) is 13.0. The average molecular weight is 366 g/mol. The number of carboxylic acids is 1. The molecule has 0 radical (unpaired) electrons. The van der Waals surface area contributed by atoms with Crippen molar-refractivity contribution in [3.63, 3.8) is 0 Å². The largest absolute Gasteiger partial charge is 0.481 e. The Morgan fingerprint density at radius 2 is 1.63 bits per heavy atom. The Labute approximate surface area is 157 Å². The lowest BCUT2D eigenvalue weighted by Crippen LogP contribution is -2.50. The van der Waals surface area contributed by atoms with Crippen molar-refractivity contribution in [1.82, 2.24) is 4.90 Å². The predicted octanol–water partition coefficient (Wildman–Crippen LogP) is 2.74. The van der Waals surface area contributed by atoms with Gasteiger partial charge in [0.05, 0.1) is 6.42 Å². The van der Waals surface area contributed by atoms with Crippen LogP contribution in [0.25, 0.3) is 11.1 Å². The molecule has 0 aromatic heterocycles. The number of anilines is 1. The number of hydrogen-bond donors (Lipinski definition) is 3. The maximum atomic E-state index is 12.6. The summed E-state index contributed by atoms with van der Waals surface area (Å²) in [5, 5.41) is 16.3. The minimum atomic E-state index is -0.903. The molecule has 2 aromatic rings. The van der Waals surface area contributed by atoms with Gasteiger partial charge in [-0.1, -0.05) is 36.4 Å². The maximum absolute atomic E-state index is 12.6. The number of urea groups is 1. The highest BCUT2D eigenvalue weighted by atomic mass is 16.4. The molecule has 27 heavy (non-hydrogen) atoms. The fraction of sp³-hybridized carbons (Fsp3) is 0.250. The third-order valence-corrected chi connectivity index (χ3v) is 4.61. The van der Waals surface area contributed by atoms with E-state index in [1.54, 1.807) is 21.9 Å². The van der Waals surface area contributed by atoms with E-state index < -0.39 is 5.97 Å². The molecule has 1 aliphatic rings. The minimum absolute atomic E-state index is 0.0351. The third kappa shape index (κ3) is 4.25. The molecule has 140 valence electrons. The van der Waals surface area contributed by atoms with Crippen LogP contribution in [0, 0.1) is 5.41 Å². The number of hydrogen-bond acceptors (Lipinski definition) is 3. The number of carboxylic acid groups (broad SMARTS) is 1. The molecular formula is C20H22N4O3. The van der Waals surface area contributed by atoms with E-state index >= 15 is 0 Å². The highest BCUT2D eigenvalue weighted by Crippen LogP contribution is 2.25. The molecule has 2 amide bonds. The zero-order valence-corrected chi connectivity index (χ0v) is 14.9. The molecule has 0 atom stereocenters. The number of carbonyl (C=O) groups is 2. The van der Waals surface area contributed by atoms with Gasteiger partial charge < -0.3 is 15.7 Å². The molecule has 1 saturated heterocycles. The van der Waals surface area contributed by atoms with Crippen molar-refractivity contribution in [3.05, 3.63) is 54.1 Å². The van der Waals surface area contributed by atoms with E-state index in [0.717, 1.165) is 23.2 Å². The van der Waals surface area contributed by atoms with Crippen LogP contribution >= 0.6 is 0 Å². The summed E-state index contributed by atoms with van der Waals surface area (Å²) >= 11 is 0. The van der Waals surface area contributed by atoms with Gasteiger partial charge in [-0.2, -0.15) is 0 Å². The van der Waals surface area contributed by atoms with Crippen molar-refractivity contribution in [2.75, 3.05) is 24.5 Å². The second-order valence-corrected chi connectivity index (χ2v) is 6.46. The fourth-order valence-electron chi connectivity index (χ4n) is 3.14. The van der Waals surface area contributed by atoms with E-state index in [1.165, 1.54) is 0 Å². The Kier molecular flexibility index (Phi) is 5.40. The quantitative estimate of drug-likeness (QED) is 0.539. The SMILES string of the molecule is N=C(N)c1ccc(-c2ccc(N3CCCN(CCC(=O)O)C3=O)cc2)cc1. The summed E-state index contributed by atoms with van der Waals surface area (Å²) in [5.41, 5.74) is 8.95. The van der Waals surface area contributed by atoms with Crippen molar-refractivity contribution >= 4 is 23.5 Å². The lowest BCUT2D eigenvalue weighted by atomic mass is 10.0. The zero-order valence-electron chi connectivity index (χ0n) is 14.9. The van der Waals surface area contributed by atoms with Crippen molar-refractivity contribution in [2.45, 2.75) is 12.8 Å². The molecular weight excluding hydrogens is 344 g/mol. The van der Waals surface area contributed by atoms with E-state index in [9.17, 15) is 9.59 Å². The first kappa shape index (κ1) is 18.4. The maximum Gasteiger partial charge on any atom is 0.324 e. The number of aliphatic carboxylic acids is 1. The Balaban J connectivity index is 1.73. The molecule has 0 spiro atoms. The van der Waals surface area contributed by atoms with Gasteiger partial charge in [-0.25, -0.2) is 4.79 Å². The van der Waals surface area contributed by atoms with Crippen LogP contribution in [0.5, 0.6) is 0 Å². The second-order valence-electron chi connectivity index (χ2n) is 6.46. The number of carbonyl (C=O) groups excluding carboxylic acids is 1. The molecule has 4 N–H and O–H groups in total. The van der Waals surface area contributed by atoms with Gasteiger partial charge in [0, 0.05) is 30.9 Å². The van der Waals surface area contributed by atoms with E-state index in [0.29, 0.717) is 18.7 Å². The second kappa shape index (κ2) is 7.90. The van der Waals surface area contributed by atoms with Gasteiger partial charge in [-0.15, -0.1) is 0 Å². The van der Waals surface area contributed by atoms with Crippen molar-refractivity contribution < 1.29 is 14.7 Å². The summed E-state index contributed by atoms with van der Waals surface area (Å²) in [6.45, 7) is 1.43. The molecule has 1 aliphatic heterocycles. The molecule has 0 aliphatic carbocycles. The van der Waals surface area contributed by atoms with Crippen LogP contribution < -0.4 is 10.6 Å². The number of nitrogens with zero attached hydrogens (tertiary/aromatic N) is 2. The Hall–Kier alpha value is -3.35. The summed E-state index contributed by atoms with van der Waals surface area (Å²) in [5.74, 6) is -0.868. The molecule has 7 heteroatoms. The smallest absolute Gasteiger partial charge is 0.324 e. The topological polar surface area (TPSA) is 111 Å². The molecule has 1 heterocycles. The predicted molar refractivity (Wildman–Crippen MR) is 104 cm³/mol. The molecule has 0 unspecified atom stereocenters. The Morgan fingerprint density at radius 1 is 1.04 bits per heavy atom. The van der Waals surface area contributed by atoms with Crippen LogP contribution in [-0.2, 0) is 4.79 Å². The lowest BCUT2D eigenvalue weighted by Gasteiger charge is -2.35. The molecule has 2 aromatic carbocycles. The van der Waals surface area contributed by atoms with Crippen LogP contribution in [-0.4, -0.2) is 47.5 Å². The summed E-state index contributed by atoms with van der Waals surface area (Å²) in [4.78, 5) is 26.7. The van der Waals surface area contributed by atoms with Gasteiger partial charge in [-0.3, -0.25) is 15.1 Å². The Morgan fingerprint density at radius 3 is 2.19 bits per heavy atom. The van der Waals surface area contributed by atoms with Gasteiger partial charge >= 0.3 is 12.0 Å². The van der Waals surface area contributed by atoms with Crippen LogP contribution in [0.15, 0.2) is 48.5 Å².